The van der Waals surface area contributed by atoms with E-state index in [1.54, 1.807) is 19.1 Å². The van der Waals surface area contributed by atoms with Gasteiger partial charge in [0, 0.05) is 26.2 Å². The van der Waals surface area contributed by atoms with Crippen molar-refractivity contribution in [1.29, 1.82) is 0 Å². The molecule has 1 fully saturated rings. The molecule has 0 radical (unpaired) electrons. The normalized spacial score (nSPS) is 16.9. The van der Waals surface area contributed by atoms with Crippen molar-refractivity contribution in [2.75, 3.05) is 32.8 Å². The Morgan fingerprint density at radius 2 is 1.62 bits per heavy atom. The Labute approximate surface area is 144 Å². The number of rotatable bonds is 3. The number of nitrogens with zero attached hydrogens (tertiary/aromatic N) is 2. The van der Waals surface area contributed by atoms with Crippen molar-refractivity contribution in [3.05, 3.63) is 29.8 Å². The van der Waals surface area contributed by atoms with Crippen molar-refractivity contribution >= 4 is 16.1 Å². The van der Waals surface area contributed by atoms with Gasteiger partial charge in [-0.3, -0.25) is 0 Å². The third kappa shape index (κ3) is 4.08. The highest BCUT2D eigenvalue weighted by molar-refractivity contribution is 7.89. The second-order valence-corrected chi connectivity index (χ2v) is 8.80. The molecule has 1 aliphatic heterocycles. The molecule has 0 atom stereocenters. The zero-order valence-corrected chi connectivity index (χ0v) is 15.6. The van der Waals surface area contributed by atoms with Crippen molar-refractivity contribution in [3.63, 3.8) is 0 Å². The van der Waals surface area contributed by atoms with E-state index in [1.165, 1.54) is 9.21 Å². The maximum absolute atomic E-state index is 12.7. The van der Waals surface area contributed by atoms with Crippen LogP contribution < -0.4 is 0 Å². The van der Waals surface area contributed by atoms with E-state index in [1.807, 2.05) is 12.1 Å². The first kappa shape index (κ1) is 18.7. The Morgan fingerprint density at radius 1 is 1.08 bits per heavy atom. The molecule has 1 amide bonds. The first-order valence-corrected chi connectivity index (χ1v) is 9.62. The molecule has 0 aliphatic carbocycles. The minimum Gasteiger partial charge on any atom is -0.450 e. The van der Waals surface area contributed by atoms with Gasteiger partial charge in [-0.05, 0) is 30.0 Å². The predicted octanol–water partition coefficient (Wildman–Crippen LogP) is 2.45. The molecule has 1 aromatic rings. The number of sulfonamides is 1. The van der Waals surface area contributed by atoms with Gasteiger partial charge >= 0.3 is 6.09 Å². The summed E-state index contributed by atoms with van der Waals surface area (Å²) < 4.78 is 31.9. The third-order valence-corrected chi connectivity index (χ3v) is 6.04. The summed E-state index contributed by atoms with van der Waals surface area (Å²) in [7, 11) is -3.53. The number of piperazine rings is 1. The number of hydrogen-bond donors (Lipinski definition) is 0. The smallest absolute Gasteiger partial charge is 0.409 e. The summed E-state index contributed by atoms with van der Waals surface area (Å²) in [5.41, 5.74) is 1.07. The quantitative estimate of drug-likeness (QED) is 0.836. The van der Waals surface area contributed by atoms with Crippen LogP contribution in [0.15, 0.2) is 29.2 Å². The Bertz CT molecular complexity index is 670. The fourth-order valence-corrected chi connectivity index (χ4v) is 4.02. The van der Waals surface area contributed by atoms with Crippen LogP contribution in [0.25, 0.3) is 0 Å². The lowest BCUT2D eigenvalue weighted by Gasteiger charge is -2.33. The number of hydrogen-bond acceptors (Lipinski definition) is 4. The van der Waals surface area contributed by atoms with Crippen LogP contribution in [0.2, 0.25) is 0 Å². The maximum Gasteiger partial charge on any atom is 0.409 e. The molecule has 1 saturated heterocycles. The number of carbonyl (C=O) groups is 1. The van der Waals surface area contributed by atoms with E-state index in [0.29, 0.717) is 24.6 Å². The van der Waals surface area contributed by atoms with Crippen molar-refractivity contribution in [3.8, 4) is 0 Å². The van der Waals surface area contributed by atoms with Crippen molar-refractivity contribution in [2.24, 2.45) is 0 Å². The molecule has 1 aliphatic rings. The lowest BCUT2D eigenvalue weighted by atomic mass is 9.87. The average molecular weight is 354 g/mol. The number of benzene rings is 1. The van der Waals surface area contributed by atoms with E-state index in [9.17, 15) is 13.2 Å². The molecule has 1 heterocycles. The van der Waals surface area contributed by atoms with Gasteiger partial charge in [-0.25, -0.2) is 13.2 Å². The highest BCUT2D eigenvalue weighted by Crippen LogP contribution is 2.25. The molecule has 0 N–H and O–H groups in total. The summed E-state index contributed by atoms with van der Waals surface area (Å²) in [6, 6.07) is 7.05. The van der Waals surface area contributed by atoms with E-state index in [0.717, 1.165) is 5.56 Å². The number of carbonyl (C=O) groups excluding carboxylic acids is 1. The van der Waals surface area contributed by atoms with E-state index in [4.69, 9.17) is 4.74 Å². The molecule has 24 heavy (non-hydrogen) atoms. The van der Waals surface area contributed by atoms with E-state index in [-0.39, 0.29) is 24.6 Å². The maximum atomic E-state index is 12.7. The van der Waals surface area contributed by atoms with Gasteiger partial charge in [0.15, 0.2) is 0 Å². The molecule has 134 valence electrons. The monoisotopic (exact) mass is 354 g/mol. The summed E-state index contributed by atoms with van der Waals surface area (Å²) in [5.74, 6) is 0. The fourth-order valence-electron chi connectivity index (χ4n) is 2.60. The van der Waals surface area contributed by atoms with Crippen LogP contribution in [-0.4, -0.2) is 56.5 Å². The molecule has 0 bridgehead atoms. The predicted molar refractivity (Wildman–Crippen MR) is 92.5 cm³/mol. The summed E-state index contributed by atoms with van der Waals surface area (Å²) in [4.78, 5) is 13.5. The highest BCUT2D eigenvalue weighted by atomic mass is 32.2. The first-order chi connectivity index (χ1) is 11.2. The minimum absolute atomic E-state index is 0.0203. The van der Waals surface area contributed by atoms with E-state index < -0.39 is 10.0 Å². The van der Waals surface area contributed by atoms with Crippen LogP contribution >= 0.6 is 0 Å². The van der Waals surface area contributed by atoms with Crippen molar-refractivity contribution in [2.45, 2.75) is 38.0 Å². The zero-order valence-electron chi connectivity index (χ0n) is 14.8. The molecular formula is C17H26N2O4S. The topological polar surface area (TPSA) is 66.9 Å². The van der Waals surface area contributed by atoms with Crippen LogP contribution in [0, 0.1) is 0 Å². The van der Waals surface area contributed by atoms with Crippen LogP contribution in [0.4, 0.5) is 4.79 Å². The molecular weight excluding hydrogens is 328 g/mol. The van der Waals surface area contributed by atoms with E-state index in [2.05, 4.69) is 20.8 Å². The van der Waals surface area contributed by atoms with Crippen molar-refractivity contribution in [1.82, 2.24) is 9.21 Å². The molecule has 2 rings (SSSR count). The highest BCUT2D eigenvalue weighted by Gasteiger charge is 2.30. The molecule has 0 aromatic heterocycles. The lowest BCUT2D eigenvalue weighted by Crippen LogP contribution is -2.50. The Balaban J connectivity index is 2.08. The van der Waals surface area contributed by atoms with Crippen LogP contribution in [0.3, 0.4) is 0 Å². The fraction of sp³-hybridized carbons (Fsp3) is 0.588. The third-order valence-electron chi connectivity index (χ3n) is 4.12. The van der Waals surface area contributed by atoms with Crippen LogP contribution in [0.5, 0.6) is 0 Å². The van der Waals surface area contributed by atoms with Gasteiger partial charge in [0.05, 0.1) is 11.5 Å². The molecule has 0 saturated carbocycles. The lowest BCUT2D eigenvalue weighted by molar-refractivity contribution is 0.0934. The SMILES string of the molecule is CCOC(=O)N1CCN(S(=O)(=O)c2ccc(C(C)(C)C)cc2)CC1. The standard InChI is InChI=1S/C17H26N2O4S/c1-5-23-16(20)18-10-12-19(13-11-18)24(21,22)15-8-6-14(7-9-15)17(2,3)4/h6-9H,5,10-13H2,1-4H3. The van der Waals surface area contributed by atoms with Gasteiger partial charge in [-0.1, -0.05) is 32.9 Å². The van der Waals surface area contributed by atoms with Gasteiger partial charge < -0.3 is 9.64 Å². The second-order valence-electron chi connectivity index (χ2n) is 6.86. The summed E-state index contributed by atoms with van der Waals surface area (Å²) >= 11 is 0. The molecule has 1 aromatic carbocycles. The minimum atomic E-state index is -3.53. The Morgan fingerprint density at radius 3 is 2.08 bits per heavy atom. The average Bonchev–Trinajstić information content (AvgIpc) is 2.54. The molecule has 6 nitrogen and oxygen atoms in total. The number of ether oxygens (including phenoxy) is 1. The summed E-state index contributed by atoms with van der Waals surface area (Å²) in [6.07, 6.45) is -0.385. The molecule has 0 unspecified atom stereocenters. The number of amides is 1. The zero-order chi connectivity index (χ0) is 18.0. The first-order valence-electron chi connectivity index (χ1n) is 8.18. The van der Waals surface area contributed by atoms with Gasteiger partial charge in [0.2, 0.25) is 10.0 Å². The van der Waals surface area contributed by atoms with Gasteiger partial charge in [-0.2, -0.15) is 4.31 Å². The van der Waals surface area contributed by atoms with Gasteiger partial charge in [-0.15, -0.1) is 0 Å². The van der Waals surface area contributed by atoms with Gasteiger partial charge in [0.25, 0.3) is 0 Å². The molecule has 0 spiro atoms. The van der Waals surface area contributed by atoms with E-state index >= 15 is 0 Å². The van der Waals surface area contributed by atoms with Crippen LogP contribution in [-0.2, 0) is 20.2 Å². The largest absolute Gasteiger partial charge is 0.450 e. The van der Waals surface area contributed by atoms with Gasteiger partial charge in [0.1, 0.15) is 0 Å². The summed E-state index contributed by atoms with van der Waals surface area (Å²) in [5, 5.41) is 0. The van der Waals surface area contributed by atoms with Crippen LogP contribution in [0.1, 0.15) is 33.3 Å². The second kappa shape index (κ2) is 7.11. The van der Waals surface area contributed by atoms with Crippen molar-refractivity contribution < 1.29 is 17.9 Å². The molecule has 7 heteroatoms. The Kier molecular flexibility index (Phi) is 5.55. The summed E-state index contributed by atoms with van der Waals surface area (Å²) in [6.45, 7) is 9.58. The Hall–Kier alpha value is -1.60.